The summed E-state index contributed by atoms with van der Waals surface area (Å²) in [6.07, 6.45) is 1.48. The Hall–Kier alpha value is -0.960. The molecule has 6 nitrogen and oxygen atoms in total. The van der Waals surface area contributed by atoms with E-state index >= 15 is 0 Å². The van der Waals surface area contributed by atoms with E-state index in [9.17, 15) is 13.2 Å². The summed E-state index contributed by atoms with van der Waals surface area (Å²) >= 11 is 0.888. The normalized spacial score (nSPS) is 13.4. The number of hydrogen-bond acceptors (Lipinski definition) is 5. The van der Waals surface area contributed by atoms with Crippen molar-refractivity contribution in [2.75, 3.05) is 13.7 Å². The summed E-state index contributed by atoms with van der Waals surface area (Å²) in [4.78, 5) is 10.7. The molecule has 0 aromatic carbocycles. The Balaban J connectivity index is 2.86. The summed E-state index contributed by atoms with van der Waals surface area (Å²) in [5, 5.41) is 10.1. The Morgan fingerprint density at radius 1 is 1.58 bits per heavy atom. The predicted octanol–water partition coefficient (Wildman–Crippen LogP) is 1.54. The van der Waals surface area contributed by atoms with Crippen molar-refractivity contribution in [2.45, 2.75) is 30.7 Å². The van der Waals surface area contributed by atoms with E-state index in [1.807, 2.05) is 6.92 Å². The number of nitrogens with one attached hydrogen (secondary N) is 1. The lowest BCUT2D eigenvalue weighted by molar-refractivity contribution is 0.0702. The third-order valence-corrected chi connectivity index (χ3v) is 4.99. The van der Waals surface area contributed by atoms with Crippen molar-refractivity contribution in [3.63, 3.8) is 0 Å². The van der Waals surface area contributed by atoms with Crippen LogP contribution in [0, 0.1) is 0 Å². The van der Waals surface area contributed by atoms with Crippen LogP contribution in [0.1, 0.15) is 29.4 Å². The Bertz CT molecular complexity index is 517. The molecule has 0 fully saturated rings. The van der Waals surface area contributed by atoms with Gasteiger partial charge in [0.15, 0.2) is 0 Å². The van der Waals surface area contributed by atoms with Crippen molar-refractivity contribution in [1.82, 2.24) is 4.72 Å². The fourth-order valence-electron chi connectivity index (χ4n) is 1.59. The van der Waals surface area contributed by atoms with E-state index in [-0.39, 0.29) is 22.4 Å². The zero-order valence-corrected chi connectivity index (χ0v) is 12.4. The molecule has 1 unspecified atom stereocenters. The van der Waals surface area contributed by atoms with Gasteiger partial charge in [-0.05, 0) is 12.5 Å². The summed E-state index contributed by atoms with van der Waals surface area (Å²) < 4.78 is 31.6. The zero-order chi connectivity index (χ0) is 14.5. The molecule has 0 amide bonds. The van der Waals surface area contributed by atoms with Gasteiger partial charge in [-0.1, -0.05) is 13.3 Å². The third-order valence-electron chi connectivity index (χ3n) is 2.42. The van der Waals surface area contributed by atoms with Gasteiger partial charge in [-0.3, -0.25) is 0 Å². The van der Waals surface area contributed by atoms with Crippen LogP contribution >= 0.6 is 11.3 Å². The maximum absolute atomic E-state index is 12.1. The summed E-state index contributed by atoms with van der Waals surface area (Å²) in [7, 11) is -2.20. The van der Waals surface area contributed by atoms with Crippen molar-refractivity contribution in [3.05, 3.63) is 16.3 Å². The van der Waals surface area contributed by atoms with Gasteiger partial charge in [-0.15, -0.1) is 11.3 Å². The molecule has 1 rings (SSSR count). The van der Waals surface area contributed by atoms with Gasteiger partial charge in [0.05, 0.1) is 11.5 Å². The lowest BCUT2D eigenvalue weighted by Crippen LogP contribution is -2.37. The molecule has 1 aromatic rings. The standard InChI is InChI=1S/C11H17NO5S2/c1-3-4-8(6-17-2)12-19(15,16)9-5-10(11(13)14)18-7-9/h5,7-8,12H,3-4,6H2,1-2H3,(H,13,14). The molecule has 19 heavy (non-hydrogen) atoms. The SMILES string of the molecule is CCCC(COC)NS(=O)(=O)c1csc(C(=O)O)c1. The van der Waals surface area contributed by atoms with E-state index in [4.69, 9.17) is 9.84 Å². The Morgan fingerprint density at radius 2 is 2.26 bits per heavy atom. The number of hydrogen-bond donors (Lipinski definition) is 2. The maximum Gasteiger partial charge on any atom is 0.345 e. The van der Waals surface area contributed by atoms with Crippen LogP contribution < -0.4 is 4.72 Å². The number of carbonyl (C=O) groups is 1. The number of thiophene rings is 1. The van der Waals surface area contributed by atoms with Gasteiger partial charge < -0.3 is 9.84 Å². The molecular formula is C11H17NO5S2. The fraction of sp³-hybridized carbons (Fsp3) is 0.545. The molecule has 0 aliphatic carbocycles. The molecule has 0 saturated heterocycles. The van der Waals surface area contributed by atoms with Crippen LogP contribution in [0.25, 0.3) is 0 Å². The predicted molar refractivity (Wildman–Crippen MR) is 72.2 cm³/mol. The minimum absolute atomic E-state index is 0.000780. The Morgan fingerprint density at radius 3 is 2.74 bits per heavy atom. The second-order valence-electron chi connectivity index (χ2n) is 4.01. The molecule has 0 saturated carbocycles. The highest BCUT2D eigenvalue weighted by Gasteiger charge is 2.22. The molecule has 1 atom stereocenters. The van der Waals surface area contributed by atoms with Crippen molar-refractivity contribution in [1.29, 1.82) is 0 Å². The van der Waals surface area contributed by atoms with Crippen molar-refractivity contribution in [2.24, 2.45) is 0 Å². The molecule has 0 aliphatic heterocycles. The number of carboxylic acids is 1. The van der Waals surface area contributed by atoms with Gasteiger partial charge in [0.1, 0.15) is 4.88 Å². The van der Waals surface area contributed by atoms with Crippen molar-refractivity contribution < 1.29 is 23.1 Å². The Kier molecular flexibility index (Phi) is 5.92. The van der Waals surface area contributed by atoms with Crippen molar-refractivity contribution in [3.8, 4) is 0 Å². The molecule has 0 bridgehead atoms. The first kappa shape index (κ1) is 16.1. The summed E-state index contributed by atoms with van der Waals surface area (Å²) in [5.74, 6) is -1.13. The van der Waals surface area contributed by atoms with Gasteiger partial charge in [-0.25, -0.2) is 17.9 Å². The topological polar surface area (TPSA) is 92.7 Å². The van der Waals surface area contributed by atoms with Gasteiger partial charge in [0, 0.05) is 18.5 Å². The van der Waals surface area contributed by atoms with E-state index in [1.165, 1.54) is 12.5 Å². The van der Waals surface area contributed by atoms with Crippen molar-refractivity contribution >= 4 is 27.3 Å². The van der Waals surface area contributed by atoms with Crippen LogP contribution in [0.15, 0.2) is 16.3 Å². The monoisotopic (exact) mass is 307 g/mol. The first-order valence-electron chi connectivity index (χ1n) is 5.73. The van der Waals surface area contributed by atoms with Crippen LogP contribution in [-0.2, 0) is 14.8 Å². The number of ether oxygens (including phenoxy) is 1. The molecule has 0 radical (unpaired) electrons. The first-order valence-corrected chi connectivity index (χ1v) is 8.10. The van der Waals surface area contributed by atoms with Crippen LogP contribution in [-0.4, -0.2) is 39.3 Å². The lowest BCUT2D eigenvalue weighted by atomic mass is 10.2. The second kappa shape index (κ2) is 6.99. The van der Waals surface area contributed by atoms with Crippen LogP contribution in [0.2, 0.25) is 0 Å². The molecule has 2 N–H and O–H groups in total. The van der Waals surface area contributed by atoms with E-state index in [2.05, 4.69) is 4.72 Å². The lowest BCUT2D eigenvalue weighted by Gasteiger charge is -2.16. The molecule has 108 valence electrons. The highest BCUT2D eigenvalue weighted by atomic mass is 32.2. The minimum Gasteiger partial charge on any atom is -0.477 e. The number of rotatable bonds is 8. The summed E-state index contributed by atoms with van der Waals surface area (Å²) in [5.41, 5.74) is 0. The van der Waals surface area contributed by atoms with E-state index < -0.39 is 16.0 Å². The van der Waals surface area contributed by atoms with Gasteiger partial charge >= 0.3 is 5.97 Å². The van der Waals surface area contributed by atoms with Crippen LogP contribution in [0.3, 0.4) is 0 Å². The van der Waals surface area contributed by atoms with Gasteiger partial charge in [-0.2, -0.15) is 0 Å². The minimum atomic E-state index is -3.70. The molecule has 0 spiro atoms. The number of aromatic carboxylic acids is 1. The van der Waals surface area contributed by atoms with E-state index in [0.717, 1.165) is 23.8 Å². The number of sulfonamides is 1. The maximum atomic E-state index is 12.1. The molecule has 1 heterocycles. The fourth-order valence-corrected chi connectivity index (χ4v) is 3.95. The summed E-state index contributed by atoms with van der Waals surface area (Å²) in [6, 6.07) is 0.846. The Labute approximate surface area is 116 Å². The average molecular weight is 307 g/mol. The highest BCUT2D eigenvalue weighted by molar-refractivity contribution is 7.89. The van der Waals surface area contributed by atoms with Gasteiger partial charge in [0.2, 0.25) is 10.0 Å². The number of methoxy groups -OCH3 is 1. The molecular weight excluding hydrogens is 290 g/mol. The average Bonchev–Trinajstić information content (AvgIpc) is 2.79. The molecule has 0 aliphatic rings. The smallest absolute Gasteiger partial charge is 0.345 e. The third kappa shape index (κ3) is 4.57. The van der Waals surface area contributed by atoms with Gasteiger partial charge in [0.25, 0.3) is 0 Å². The van der Waals surface area contributed by atoms with E-state index in [0.29, 0.717) is 6.42 Å². The molecule has 8 heteroatoms. The van der Waals surface area contributed by atoms with Crippen LogP contribution in [0.5, 0.6) is 0 Å². The molecule has 1 aromatic heterocycles. The highest BCUT2D eigenvalue weighted by Crippen LogP contribution is 2.19. The number of carboxylic acid groups (broad SMARTS) is 1. The zero-order valence-electron chi connectivity index (χ0n) is 10.8. The summed E-state index contributed by atoms with van der Waals surface area (Å²) in [6.45, 7) is 2.23. The van der Waals surface area contributed by atoms with Crippen LogP contribution in [0.4, 0.5) is 0 Å². The second-order valence-corrected chi connectivity index (χ2v) is 6.64. The quantitative estimate of drug-likeness (QED) is 0.760. The first-order chi connectivity index (χ1) is 8.90. The van der Waals surface area contributed by atoms with E-state index in [1.54, 1.807) is 0 Å². The largest absolute Gasteiger partial charge is 0.477 e.